The predicted octanol–water partition coefficient (Wildman–Crippen LogP) is 2.24. The molecule has 0 saturated heterocycles. The number of nitro benzene ring substituents is 1. The van der Waals surface area contributed by atoms with E-state index in [1.807, 2.05) is 0 Å². The first kappa shape index (κ1) is 19.5. The van der Waals surface area contributed by atoms with Gasteiger partial charge in [0.1, 0.15) is 5.75 Å². The lowest BCUT2D eigenvalue weighted by Gasteiger charge is -2.11. The molecule has 0 aliphatic heterocycles. The lowest BCUT2D eigenvalue weighted by atomic mass is 10.1. The number of para-hydroxylation sites is 1. The van der Waals surface area contributed by atoms with Crippen LogP contribution in [0, 0.1) is 10.1 Å². The van der Waals surface area contributed by atoms with Gasteiger partial charge in [-0.2, -0.15) is 0 Å². The van der Waals surface area contributed by atoms with E-state index in [9.17, 15) is 24.5 Å². The van der Waals surface area contributed by atoms with E-state index in [4.69, 9.17) is 9.47 Å². The molecule has 10 nitrogen and oxygen atoms in total. The van der Waals surface area contributed by atoms with Gasteiger partial charge in [-0.05, 0) is 12.1 Å². The second kappa shape index (κ2) is 8.21. The highest BCUT2D eigenvalue weighted by molar-refractivity contribution is 6.04. The Morgan fingerprint density at radius 1 is 1.17 bits per heavy atom. The summed E-state index contributed by atoms with van der Waals surface area (Å²) in [5.41, 5.74) is -0.193. The van der Waals surface area contributed by atoms with Crippen LogP contribution in [0.3, 0.4) is 0 Å². The molecule has 3 aromatic rings. The van der Waals surface area contributed by atoms with E-state index < -0.39 is 29.0 Å². The molecule has 148 valence electrons. The predicted molar refractivity (Wildman–Crippen MR) is 103 cm³/mol. The summed E-state index contributed by atoms with van der Waals surface area (Å²) in [6.07, 6.45) is 0. The number of H-pyrrole nitrogens is 1. The normalized spacial score (nSPS) is 10.4. The molecule has 1 aromatic heterocycles. The van der Waals surface area contributed by atoms with Crippen LogP contribution in [0.1, 0.15) is 10.4 Å². The number of nitrogens with one attached hydrogen (secondary N) is 2. The van der Waals surface area contributed by atoms with Crippen molar-refractivity contribution in [2.75, 3.05) is 19.0 Å². The van der Waals surface area contributed by atoms with Crippen molar-refractivity contribution >= 4 is 34.2 Å². The quantitative estimate of drug-likeness (QED) is 0.369. The maximum absolute atomic E-state index is 12.4. The number of carbonyl (C=O) groups excluding carboxylic acids is 2. The molecule has 0 atom stereocenters. The van der Waals surface area contributed by atoms with Gasteiger partial charge in [0.15, 0.2) is 6.61 Å². The molecule has 1 amide bonds. The summed E-state index contributed by atoms with van der Waals surface area (Å²) in [6.45, 7) is -0.661. The molecule has 0 aliphatic rings. The minimum absolute atomic E-state index is 0.0186. The molecule has 0 radical (unpaired) electrons. The number of ether oxygens (including phenoxy) is 2. The summed E-state index contributed by atoms with van der Waals surface area (Å²) in [4.78, 5) is 49.1. The van der Waals surface area contributed by atoms with Crippen LogP contribution >= 0.6 is 0 Å². The summed E-state index contributed by atoms with van der Waals surface area (Å²) in [6, 6.07) is 11.4. The Bertz CT molecular complexity index is 1170. The van der Waals surface area contributed by atoms with Crippen molar-refractivity contribution in [1.29, 1.82) is 0 Å². The number of aromatic nitrogens is 1. The maximum Gasteiger partial charge on any atom is 0.339 e. The van der Waals surface area contributed by atoms with Crippen LogP contribution in [0.2, 0.25) is 0 Å². The minimum atomic E-state index is -0.853. The van der Waals surface area contributed by atoms with Crippen molar-refractivity contribution in [1.82, 2.24) is 4.98 Å². The molecule has 10 heteroatoms. The third-order valence-electron chi connectivity index (χ3n) is 3.97. The van der Waals surface area contributed by atoms with Gasteiger partial charge in [-0.25, -0.2) is 4.79 Å². The van der Waals surface area contributed by atoms with Gasteiger partial charge in [0.05, 0.1) is 23.3 Å². The largest absolute Gasteiger partial charge is 0.495 e. The van der Waals surface area contributed by atoms with Crippen molar-refractivity contribution in [3.8, 4) is 5.75 Å². The van der Waals surface area contributed by atoms with Crippen molar-refractivity contribution in [3.63, 3.8) is 0 Å². The van der Waals surface area contributed by atoms with Crippen molar-refractivity contribution in [3.05, 3.63) is 74.6 Å². The van der Waals surface area contributed by atoms with Gasteiger partial charge >= 0.3 is 5.97 Å². The summed E-state index contributed by atoms with van der Waals surface area (Å²) < 4.78 is 10.1. The second-order valence-electron chi connectivity index (χ2n) is 5.86. The summed E-state index contributed by atoms with van der Waals surface area (Å²) >= 11 is 0. The number of anilines is 1. The van der Waals surface area contributed by atoms with E-state index in [-0.39, 0.29) is 22.7 Å². The van der Waals surface area contributed by atoms with Crippen LogP contribution < -0.4 is 15.6 Å². The van der Waals surface area contributed by atoms with Crippen LogP contribution in [0.15, 0.2) is 53.3 Å². The number of benzene rings is 2. The highest BCUT2D eigenvalue weighted by atomic mass is 16.6. The Labute approximate surface area is 163 Å². The number of esters is 1. The molecule has 0 bridgehead atoms. The van der Waals surface area contributed by atoms with Crippen LogP contribution in [0.5, 0.6) is 5.75 Å². The fourth-order valence-electron chi connectivity index (χ4n) is 2.68. The average Bonchev–Trinajstić information content (AvgIpc) is 2.71. The van der Waals surface area contributed by atoms with E-state index in [2.05, 4.69) is 10.3 Å². The van der Waals surface area contributed by atoms with Gasteiger partial charge in [-0.3, -0.25) is 19.7 Å². The van der Waals surface area contributed by atoms with Crippen molar-refractivity contribution in [2.45, 2.75) is 0 Å². The number of nitrogens with zero attached hydrogens (tertiary/aromatic N) is 1. The zero-order valence-corrected chi connectivity index (χ0v) is 15.1. The maximum atomic E-state index is 12.4. The number of methoxy groups -OCH3 is 1. The fourth-order valence-corrected chi connectivity index (χ4v) is 2.68. The average molecular weight is 397 g/mol. The minimum Gasteiger partial charge on any atom is -0.495 e. The molecular weight excluding hydrogens is 382 g/mol. The van der Waals surface area contributed by atoms with Gasteiger partial charge in [0, 0.05) is 29.1 Å². The molecule has 1 heterocycles. The molecular formula is C19H15N3O7. The van der Waals surface area contributed by atoms with E-state index in [0.717, 1.165) is 12.1 Å². The standard InChI is InChI=1S/C19H15N3O7/c1-28-16-7-6-11(22(26)27)8-15(16)21-18(24)10-29-19(25)13-9-17(23)20-14-5-3-2-4-12(13)14/h2-9H,10H2,1H3,(H,20,23)(H,21,24). The van der Waals surface area contributed by atoms with Gasteiger partial charge in [-0.1, -0.05) is 18.2 Å². The first-order valence-corrected chi connectivity index (χ1v) is 8.30. The monoisotopic (exact) mass is 397 g/mol. The van der Waals surface area contributed by atoms with Gasteiger partial charge in [-0.15, -0.1) is 0 Å². The number of nitro groups is 1. The van der Waals surface area contributed by atoms with E-state index >= 15 is 0 Å². The SMILES string of the molecule is COc1ccc([N+](=O)[O-])cc1NC(=O)COC(=O)c1cc(=O)[nH]c2ccccc12. The summed E-state index contributed by atoms with van der Waals surface area (Å²) in [7, 11) is 1.34. The van der Waals surface area contributed by atoms with Crippen LogP contribution in [0.4, 0.5) is 11.4 Å². The Hall–Kier alpha value is -4.21. The Kier molecular flexibility index (Phi) is 5.54. The van der Waals surface area contributed by atoms with Crippen LogP contribution in [-0.4, -0.2) is 35.5 Å². The summed E-state index contributed by atoms with van der Waals surface area (Å²) in [5.74, 6) is -1.38. The Morgan fingerprint density at radius 2 is 1.93 bits per heavy atom. The molecule has 29 heavy (non-hydrogen) atoms. The number of hydrogen-bond acceptors (Lipinski definition) is 7. The van der Waals surface area contributed by atoms with E-state index in [0.29, 0.717) is 10.9 Å². The molecule has 2 N–H and O–H groups in total. The molecule has 3 rings (SSSR count). The van der Waals surface area contributed by atoms with Crippen LogP contribution in [-0.2, 0) is 9.53 Å². The zero-order chi connectivity index (χ0) is 21.0. The zero-order valence-electron chi connectivity index (χ0n) is 15.1. The topological polar surface area (TPSA) is 141 Å². The number of pyridine rings is 1. The lowest BCUT2D eigenvalue weighted by Crippen LogP contribution is -2.22. The number of non-ortho nitro benzene ring substituents is 1. The third-order valence-corrected chi connectivity index (χ3v) is 3.97. The number of rotatable bonds is 6. The van der Waals surface area contributed by atoms with Gasteiger partial charge in [0.25, 0.3) is 11.6 Å². The first-order valence-electron chi connectivity index (χ1n) is 8.30. The number of hydrogen-bond donors (Lipinski definition) is 2. The molecule has 2 aromatic carbocycles. The Morgan fingerprint density at radius 3 is 2.66 bits per heavy atom. The van der Waals surface area contributed by atoms with Crippen molar-refractivity contribution in [2.24, 2.45) is 0 Å². The third kappa shape index (κ3) is 4.38. The van der Waals surface area contributed by atoms with Crippen molar-refractivity contribution < 1.29 is 24.0 Å². The smallest absolute Gasteiger partial charge is 0.339 e. The summed E-state index contributed by atoms with van der Waals surface area (Å²) in [5, 5.41) is 13.8. The number of carbonyl (C=O) groups is 2. The molecule has 0 saturated carbocycles. The number of amides is 1. The first-order chi connectivity index (χ1) is 13.9. The molecule has 0 fully saturated rings. The molecule has 0 aliphatic carbocycles. The highest BCUT2D eigenvalue weighted by Crippen LogP contribution is 2.28. The number of fused-ring (bicyclic) bond motifs is 1. The lowest BCUT2D eigenvalue weighted by molar-refractivity contribution is -0.384. The molecule has 0 spiro atoms. The van der Waals surface area contributed by atoms with Gasteiger partial charge in [0.2, 0.25) is 5.56 Å². The Balaban J connectivity index is 1.74. The number of aromatic amines is 1. The fraction of sp³-hybridized carbons (Fsp3) is 0.105. The van der Waals surface area contributed by atoms with Crippen LogP contribution in [0.25, 0.3) is 10.9 Å². The highest BCUT2D eigenvalue weighted by Gasteiger charge is 2.17. The van der Waals surface area contributed by atoms with E-state index in [1.165, 1.54) is 19.2 Å². The molecule has 0 unspecified atom stereocenters. The van der Waals surface area contributed by atoms with E-state index in [1.54, 1.807) is 24.3 Å². The van der Waals surface area contributed by atoms with Gasteiger partial charge < -0.3 is 19.8 Å². The second-order valence-corrected chi connectivity index (χ2v) is 5.86.